The lowest BCUT2D eigenvalue weighted by Crippen LogP contribution is -2.32. The number of nitrogens with one attached hydrogen (secondary N) is 1. The van der Waals surface area contributed by atoms with Crippen molar-refractivity contribution in [3.05, 3.63) is 23.4 Å². The topological polar surface area (TPSA) is 86.2 Å². The second-order valence-corrected chi connectivity index (χ2v) is 5.10. The number of aryl methyl sites for hydroxylation is 1. The normalized spacial score (nSPS) is 18.8. The Morgan fingerprint density at radius 1 is 1.63 bits per heavy atom. The summed E-state index contributed by atoms with van der Waals surface area (Å²) in [5, 5.41) is 16.7. The SMILES string of the molecule is Cc1ccnc(N2CCCC2CCCO)c1C(=N)N. The molecule has 0 radical (unpaired) electrons. The van der Waals surface area contributed by atoms with Gasteiger partial charge in [0.1, 0.15) is 11.7 Å². The van der Waals surface area contributed by atoms with Crippen LogP contribution in [0, 0.1) is 12.3 Å². The predicted octanol–water partition coefficient (Wildman–Crippen LogP) is 1.42. The maximum Gasteiger partial charge on any atom is 0.140 e. The number of aromatic nitrogens is 1. The summed E-state index contributed by atoms with van der Waals surface area (Å²) in [4.78, 5) is 6.69. The standard InChI is InChI=1S/C14H22N4O/c1-10-6-7-17-14(12(10)13(15)16)18-8-2-4-11(18)5-3-9-19/h6-7,11,19H,2-5,8-9H2,1H3,(H3,15,16). The van der Waals surface area contributed by atoms with E-state index in [0.29, 0.717) is 6.04 Å². The summed E-state index contributed by atoms with van der Waals surface area (Å²) in [6.07, 6.45) is 5.79. The van der Waals surface area contributed by atoms with Gasteiger partial charge in [-0.15, -0.1) is 0 Å². The molecule has 1 unspecified atom stereocenters. The van der Waals surface area contributed by atoms with Crippen molar-refractivity contribution in [2.24, 2.45) is 5.73 Å². The van der Waals surface area contributed by atoms with Crippen LogP contribution in [0.3, 0.4) is 0 Å². The lowest BCUT2D eigenvalue weighted by atomic mass is 10.1. The van der Waals surface area contributed by atoms with E-state index >= 15 is 0 Å². The number of hydrogen-bond acceptors (Lipinski definition) is 4. The highest BCUT2D eigenvalue weighted by Crippen LogP contribution is 2.30. The highest BCUT2D eigenvalue weighted by molar-refractivity contribution is 6.01. The molecule has 0 aliphatic carbocycles. The molecule has 1 atom stereocenters. The van der Waals surface area contributed by atoms with Crippen molar-refractivity contribution in [2.75, 3.05) is 18.1 Å². The summed E-state index contributed by atoms with van der Waals surface area (Å²) in [5.41, 5.74) is 7.44. The number of anilines is 1. The van der Waals surface area contributed by atoms with Gasteiger partial charge in [0.25, 0.3) is 0 Å². The molecule has 2 heterocycles. The van der Waals surface area contributed by atoms with Gasteiger partial charge in [-0.05, 0) is 44.2 Å². The van der Waals surface area contributed by atoms with E-state index in [2.05, 4.69) is 9.88 Å². The van der Waals surface area contributed by atoms with Crippen LogP contribution in [0.5, 0.6) is 0 Å². The fourth-order valence-corrected chi connectivity index (χ4v) is 2.84. The van der Waals surface area contributed by atoms with Crippen molar-refractivity contribution >= 4 is 11.7 Å². The van der Waals surface area contributed by atoms with Crippen LogP contribution in [0.2, 0.25) is 0 Å². The first-order valence-electron chi connectivity index (χ1n) is 6.82. The highest BCUT2D eigenvalue weighted by atomic mass is 16.2. The van der Waals surface area contributed by atoms with Gasteiger partial charge in [-0.3, -0.25) is 5.41 Å². The van der Waals surface area contributed by atoms with Crippen LogP contribution in [0.1, 0.15) is 36.8 Å². The first-order valence-corrected chi connectivity index (χ1v) is 6.82. The Hall–Kier alpha value is -1.62. The van der Waals surface area contributed by atoms with Gasteiger partial charge in [0.2, 0.25) is 0 Å². The summed E-state index contributed by atoms with van der Waals surface area (Å²) >= 11 is 0. The molecule has 0 spiro atoms. The van der Waals surface area contributed by atoms with Crippen LogP contribution < -0.4 is 10.6 Å². The maximum atomic E-state index is 8.98. The van der Waals surface area contributed by atoms with Crippen molar-refractivity contribution in [2.45, 2.75) is 38.6 Å². The first-order chi connectivity index (χ1) is 9.15. The van der Waals surface area contributed by atoms with E-state index in [4.69, 9.17) is 16.2 Å². The monoisotopic (exact) mass is 262 g/mol. The number of aliphatic hydroxyl groups excluding tert-OH is 1. The van der Waals surface area contributed by atoms with Crippen LogP contribution in [0.15, 0.2) is 12.3 Å². The number of aliphatic hydroxyl groups is 1. The van der Waals surface area contributed by atoms with Crippen LogP contribution in [-0.4, -0.2) is 35.1 Å². The molecular formula is C14H22N4O. The number of rotatable bonds is 5. The fourth-order valence-electron chi connectivity index (χ4n) is 2.84. The Morgan fingerprint density at radius 2 is 2.42 bits per heavy atom. The first kappa shape index (κ1) is 13.8. The van der Waals surface area contributed by atoms with Gasteiger partial charge < -0.3 is 15.7 Å². The quantitative estimate of drug-likeness (QED) is 0.553. The Labute approximate surface area is 114 Å². The fraction of sp³-hybridized carbons (Fsp3) is 0.571. The van der Waals surface area contributed by atoms with Crippen molar-refractivity contribution in [1.29, 1.82) is 5.41 Å². The van der Waals surface area contributed by atoms with E-state index in [0.717, 1.165) is 49.2 Å². The van der Waals surface area contributed by atoms with Gasteiger partial charge in [-0.2, -0.15) is 0 Å². The third-order valence-corrected chi connectivity index (χ3v) is 3.75. The lowest BCUT2D eigenvalue weighted by molar-refractivity contribution is 0.279. The molecule has 1 aliphatic rings. The van der Waals surface area contributed by atoms with Gasteiger partial charge in [0.05, 0.1) is 5.56 Å². The summed E-state index contributed by atoms with van der Waals surface area (Å²) < 4.78 is 0. The zero-order valence-corrected chi connectivity index (χ0v) is 11.4. The molecule has 0 saturated carbocycles. The number of hydrogen-bond donors (Lipinski definition) is 3. The average Bonchev–Trinajstić information content (AvgIpc) is 2.83. The molecule has 0 bridgehead atoms. The third-order valence-electron chi connectivity index (χ3n) is 3.75. The van der Waals surface area contributed by atoms with Crippen molar-refractivity contribution in [3.8, 4) is 0 Å². The molecule has 1 aromatic heterocycles. The Kier molecular flexibility index (Phi) is 4.37. The van der Waals surface area contributed by atoms with Crippen molar-refractivity contribution in [3.63, 3.8) is 0 Å². The number of pyridine rings is 1. The summed E-state index contributed by atoms with van der Waals surface area (Å²) in [6.45, 7) is 3.14. The van der Waals surface area contributed by atoms with Gasteiger partial charge in [0, 0.05) is 25.4 Å². The molecule has 4 N–H and O–H groups in total. The minimum absolute atomic E-state index is 0.0772. The van der Waals surface area contributed by atoms with E-state index in [1.54, 1.807) is 6.20 Å². The molecule has 1 fully saturated rings. The second kappa shape index (κ2) is 6.02. The van der Waals surface area contributed by atoms with Crippen LogP contribution in [0.25, 0.3) is 0 Å². The van der Waals surface area contributed by atoms with E-state index in [1.807, 2.05) is 13.0 Å². The molecular weight excluding hydrogens is 240 g/mol. The maximum absolute atomic E-state index is 8.98. The summed E-state index contributed by atoms with van der Waals surface area (Å²) in [6, 6.07) is 2.29. The predicted molar refractivity (Wildman–Crippen MR) is 76.7 cm³/mol. The largest absolute Gasteiger partial charge is 0.396 e. The third kappa shape index (κ3) is 2.87. The second-order valence-electron chi connectivity index (χ2n) is 5.10. The van der Waals surface area contributed by atoms with Gasteiger partial charge in [-0.25, -0.2) is 4.98 Å². The summed E-state index contributed by atoms with van der Waals surface area (Å²) in [5.74, 6) is 0.904. The highest BCUT2D eigenvalue weighted by Gasteiger charge is 2.27. The van der Waals surface area contributed by atoms with Crippen molar-refractivity contribution < 1.29 is 5.11 Å². The van der Waals surface area contributed by atoms with Crippen LogP contribution in [0.4, 0.5) is 5.82 Å². The smallest absolute Gasteiger partial charge is 0.140 e. The zero-order valence-electron chi connectivity index (χ0n) is 11.4. The number of nitrogens with two attached hydrogens (primary N) is 1. The van der Waals surface area contributed by atoms with E-state index < -0.39 is 0 Å². The molecule has 19 heavy (non-hydrogen) atoms. The molecule has 1 saturated heterocycles. The zero-order chi connectivity index (χ0) is 13.8. The Morgan fingerprint density at radius 3 is 3.11 bits per heavy atom. The van der Waals surface area contributed by atoms with Gasteiger partial charge >= 0.3 is 0 Å². The van der Waals surface area contributed by atoms with Crippen molar-refractivity contribution in [1.82, 2.24) is 4.98 Å². The molecule has 0 amide bonds. The number of nitrogen functional groups attached to an aromatic ring is 1. The van der Waals surface area contributed by atoms with Crippen LogP contribution in [-0.2, 0) is 0 Å². The van der Waals surface area contributed by atoms with Crippen LogP contribution >= 0.6 is 0 Å². The number of amidine groups is 1. The molecule has 104 valence electrons. The van der Waals surface area contributed by atoms with E-state index in [1.165, 1.54) is 0 Å². The van der Waals surface area contributed by atoms with E-state index in [-0.39, 0.29) is 12.4 Å². The Bertz CT molecular complexity index is 461. The Balaban J connectivity index is 2.30. The lowest BCUT2D eigenvalue weighted by Gasteiger charge is -2.28. The van der Waals surface area contributed by atoms with E-state index in [9.17, 15) is 0 Å². The molecule has 5 heteroatoms. The molecule has 5 nitrogen and oxygen atoms in total. The minimum Gasteiger partial charge on any atom is -0.396 e. The molecule has 1 aliphatic heterocycles. The molecule has 1 aromatic rings. The molecule has 0 aromatic carbocycles. The summed E-state index contributed by atoms with van der Waals surface area (Å²) in [7, 11) is 0. The minimum atomic E-state index is 0.0772. The molecule has 2 rings (SSSR count). The average molecular weight is 262 g/mol. The van der Waals surface area contributed by atoms with Gasteiger partial charge in [-0.1, -0.05) is 0 Å². The number of nitrogens with zero attached hydrogens (tertiary/aromatic N) is 2. The van der Waals surface area contributed by atoms with Gasteiger partial charge in [0.15, 0.2) is 0 Å².